The van der Waals surface area contributed by atoms with Crippen molar-refractivity contribution in [2.45, 2.75) is 63.8 Å². The van der Waals surface area contributed by atoms with E-state index in [1.807, 2.05) is 0 Å². The van der Waals surface area contributed by atoms with Crippen LogP contribution in [0.4, 0.5) is 18.9 Å². The van der Waals surface area contributed by atoms with Crippen LogP contribution in [0.2, 0.25) is 10.0 Å². The lowest BCUT2D eigenvalue weighted by atomic mass is 10.1. The van der Waals surface area contributed by atoms with Crippen LogP contribution in [0.3, 0.4) is 0 Å². The number of nitrogens with one attached hydrogen (secondary N) is 1. The first kappa shape index (κ1) is 34.2. The summed E-state index contributed by atoms with van der Waals surface area (Å²) in [6, 6.07) is 12.8. The summed E-state index contributed by atoms with van der Waals surface area (Å²) >= 11 is 12.2. The number of hydrogen-bond donors (Lipinski definition) is 1. The molecule has 0 bridgehead atoms. The molecule has 1 unspecified atom stereocenters. The number of sulfonamides is 1. The predicted octanol–water partition coefficient (Wildman–Crippen LogP) is 6.85. The molecule has 3 aromatic rings. The molecular weight excluding hydrogens is 626 g/mol. The molecule has 0 aliphatic carbocycles. The molecule has 1 atom stereocenters. The molecule has 3 rings (SSSR count). The molecule has 0 aromatic heterocycles. The molecule has 232 valence electrons. The monoisotopic (exact) mass is 657 g/mol. The molecule has 0 heterocycles. The molecule has 0 saturated carbocycles. The molecule has 1 N–H and O–H groups in total. The van der Waals surface area contributed by atoms with Crippen LogP contribution in [0.25, 0.3) is 0 Å². The smallest absolute Gasteiger partial charge is 0.352 e. The molecule has 3 aromatic carbocycles. The number of halogens is 5. The standard InChI is InChI=1S/C30H32Cl2F3N3O4S/c1-5-27(29(40)36-19(2)3)37(17-21-11-14-25(31)26(32)15-21)28(39)18-38(23-8-6-7-22(16-23)30(33,34)35)43(41,42)24-12-9-20(4)10-13-24/h6-16,19,27H,5,17-18H2,1-4H3,(H,36,40). The van der Waals surface area contributed by atoms with Gasteiger partial charge in [0.25, 0.3) is 10.0 Å². The summed E-state index contributed by atoms with van der Waals surface area (Å²) in [5, 5.41) is 3.25. The van der Waals surface area contributed by atoms with E-state index in [0.717, 1.165) is 17.7 Å². The largest absolute Gasteiger partial charge is 0.416 e. The van der Waals surface area contributed by atoms with Crippen LogP contribution < -0.4 is 9.62 Å². The van der Waals surface area contributed by atoms with Gasteiger partial charge in [-0.15, -0.1) is 0 Å². The van der Waals surface area contributed by atoms with Crippen molar-refractivity contribution in [1.29, 1.82) is 0 Å². The zero-order valence-corrected chi connectivity index (χ0v) is 26.3. The minimum absolute atomic E-state index is 0.152. The van der Waals surface area contributed by atoms with E-state index in [2.05, 4.69) is 5.32 Å². The fraction of sp³-hybridized carbons (Fsp3) is 0.333. The lowest BCUT2D eigenvalue weighted by Crippen LogP contribution is -2.53. The van der Waals surface area contributed by atoms with Gasteiger partial charge < -0.3 is 10.2 Å². The van der Waals surface area contributed by atoms with Crippen molar-refractivity contribution in [3.63, 3.8) is 0 Å². The molecule has 0 radical (unpaired) electrons. The van der Waals surface area contributed by atoms with Gasteiger partial charge in [0.2, 0.25) is 11.8 Å². The number of benzene rings is 3. The van der Waals surface area contributed by atoms with Crippen LogP contribution in [0.1, 0.15) is 43.9 Å². The summed E-state index contributed by atoms with van der Waals surface area (Å²) < 4.78 is 69.3. The first-order valence-electron chi connectivity index (χ1n) is 13.3. The second-order valence-electron chi connectivity index (χ2n) is 10.2. The highest BCUT2D eigenvalue weighted by Gasteiger charge is 2.36. The van der Waals surface area contributed by atoms with Gasteiger partial charge in [-0.3, -0.25) is 13.9 Å². The Morgan fingerprint density at radius 3 is 2.16 bits per heavy atom. The van der Waals surface area contributed by atoms with Gasteiger partial charge in [0.1, 0.15) is 12.6 Å². The summed E-state index contributed by atoms with van der Waals surface area (Å²) in [6.07, 6.45) is -4.60. The highest BCUT2D eigenvalue weighted by Crippen LogP contribution is 2.33. The molecule has 0 fully saturated rings. The number of carbonyl (C=O) groups excluding carboxylic acids is 2. The zero-order chi connectivity index (χ0) is 32.1. The third-order valence-corrected chi connectivity index (χ3v) is 9.03. The SMILES string of the molecule is CCC(C(=O)NC(C)C)N(Cc1ccc(Cl)c(Cl)c1)C(=O)CN(c1cccc(C(F)(F)F)c1)S(=O)(=O)c1ccc(C)cc1. The predicted molar refractivity (Wildman–Crippen MR) is 162 cm³/mol. The molecule has 0 aliphatic heterocycles. The van der Waals surface area contributed by atoms with Crippen LogP contribution >= 0.6 is 23.2 Å². The van der Waals surface area contributed by atoms with Gasteiger partial charge in [0, 0.05) is 12.6 Å². The van der Waals surface area contributed by atoms with E-state index in [-0.39, 0.29) is 39.6 Å². The van der Waals surface area contributed by atoms with Crippen molar-refractivity contribution in [2.75, 3.05) is 10.8 Å². The Balaban J connectivity index is 2.14. The molecular formula is C30H32Cl2F3N3O4S. The summed E-state index contributed by atoms with van der Waals surface area (Å²) in [4.78, 5) is 28.2. The third kappa shape index (κ3) is 8.64. The Bertz CT molecular complexity index is 1570. The minimum Gasteiger partial charge on any atom is -0.352 e. The van der Waals surface area contributed by atoms with Gasteiger partial charge in [-0.05, 0) is 75.2 Å². The van der Waals surface area contributed by atoms with E-state index < -0.39 is 46.2 Å². The molecule has 0 spiro atoms. The second-order valence-corrected chi connectivity index (χ2v) is 12.9. The lowest BCUT2D eigenvalue weighted by Gasteiger charge is -2.33. The summed E-state index contributed by atoms with van der Waals surface area (Å²) in [6.45, 7) is 5.90. The van der Waals surface area contributed by atoms with Crippen LogP contribution in [0, 0.1) is 6.92 Å². The number of nitrogens with zero attached hydrogens (tertiary/aromatic N) is 2. The number of anilines is 1. The Morgan fingerprint density at radius 1 is 0.953 bits per heavy atom. The third-order valence-electron chi connectivity index (χ3n) is 6.50. The number of alkyl halides is 3. The van der Waals surface area contributed by atoms with Crippen molar-refractivity contribution < 1.29 is 31.2 Å². The molecule has 43 heavy (non-hydrogen) atoms. The van der Waals surface area contributed by atoms with Crippen molar-refractivity contribution >= 4 is 50.7 Å². The van der Waals surface area contributed by atoms with Crippen LogP contribution in [-0.4, -0.2) is 43.8 Å². The van der Waals surface area contributed by atoms with Gasteiger partial charge in [-0.25, -0.2) is 8.42 Å². The Labute approximate surface area is 259 Å². The first-order valence-corrected chi connectivity index (χ1v) is 15.5. The summed E-state index contributed by atoms with van der Waals surface area (Å²) in [7, 11) is -4.54. The van der Waals surface area contributed by atoms with Gasteiger partial charge in [-0.2, -0.15) is 13.2 Å². The average molecular weight is 659 g/mol. The topological polar surface area (TPSA) is 86.8 Å². The van der Waals surface area contributed by atoms with Crippen LogP contribution in [-0.2, 0) is 32.3 Å². The van der Waals surface area contributed by atoms with E-state index in [9.17, 15) is 31.2 Å². The van der Waals surface area contributed by atoms with Gasteiger partial charge in [0.15, 0.2) is 0 Å². The molecule has 0 saturated heterocycles. The molecule has 7 nitrogen and oxygen atoms in total. The number of carbonyl (C=O) groups is 2. The van der Waals surface area contributed by atoms with E-state index in [1.165, 1.54) is 35.2 Å². The number of hydrogen-bond acceptors (Lipinski definition) is 4. The Hall–Kier alpha value is -3.28. The maximum absolute atomic E-state index is 14.0. The molecule has 2 amide bonds. The van der Waals surface area contributed by atoms with Crippen molar-refractivity contribution in [3.05, 3.63) is 93.5 Å². The van der Waals surface area contributed by atoms with Crippen molar-refractivity contribution in [3.8, 4) is 0 Å². The van der Waals surface area contributed by atoms with E-state index in [0.29, 0.717) is 15.9 Å². The maximum atomic E-state index is 14.0. The van der Waals surface area contributed by atoms with Crippen molar-refractivity contribution in [2.24, 2.45) is 0 Å². The number of aryl methyl sites for hydroxylation is 1. The van der Waals surface area contributed by atoms with E-state index in [4.69, 9.17) is 23.2 Å². The highest BCUT2D eigenvalue weighted by molar-refractivity contribution is 7.92. The Kier molecular flexibility index (Phi) is 11.1. The second kappa shape index (κ2) is 14.0. The van der Waals surface area contributed by atoms with E-state index in [1.54, 1.807) is 45.9 Å². The van der Waals surface area contributed by atoms with Gasteiger partial charge in [0.05, 0.1) is 26.2 Å². The maximum Gasteiger partial charge on any atom is 0.416 e. The fourth-order valence-electron chi connectivity index (χ4n) is 4.34. The highest BCUT2D eigenvalue weighted by atomic mass is 35.5. The van der Waals surface area contributed by atoms with Gasteiger partial charge in [-0.1, -0.05) is 60.0 Å². The molecule has 0 aliphatic rings. The average Bonchev–Trinajstić information content (AvgIpc) is 2.92. The zero-order valence-electron chi connectivity index (χ0n) is 24.0. The fourth-order valence-corrected chi connectivity index (χ4v) is 6.07. The Morgan fingerprint density at radius 2 is 1.60 bits per heavy atom. The first-order chi connectivity index (χ1) is 20.0. The van der Waals surface area contributed by atoms with Crippen molar-refractivity contribution in [1.82, 2.24) is 10.2 Å². The minimum atomic E-state index is -4.76. The summed E-state index contributed by atoms with van der Waals surface area (Å²) in [5.74, 6) is -1.29. The summed E-state index contributed by atoms with van der Waals surface area (Å²) in [5.41, 5.74) is -0.184. The lowest BCUT2D eigenvalue weighted by molar-refractivity contribution is -0.140. The van der Waals surface area contributed by atoms with Crippen LogP contribution in [0.15, 0.2) is 71.6 Å². The molecule has 13 heteroatoms. The number of rotatable bonds is 11. The normalized spacial score (nSPS) is 12.6. The number of amides is 2. The van der Waals surface area contributed by atoms with E-state index >= 15 is 0 Å². The van der Waals surface area contributed by atoms with Crippen LogP contribution in [0.5, 0.6) is 0 Å². The quantitative estimate of drug-likeness (QED) is 0.244. The van der Waals surface area contributed by atoms with Gasteiger partial charge >= 0.3 is 6.18 Å².